The average molecular weight is 256 g/mol. The second-order valence-corrected chi connectivity index (χ2v) is 5.17. The van der Waals surface area contributed by atoms with Gasteiger partial charge in [0.2, 0.25) is 0 Å². The van der Waals surface area contributed by atoms with Crippen LogP contribution in [0.1, 0.15) is 0 Å². The van der Waals surface area contributed by atoms with Gasteiger partial charge in [0, 0.05) is 0 Å². The number of benzene rings is 1. The molecule has 0 aromatic heterocycles. The monoisotopic (exact) mass is 256 g/mol. The van der Waals surface area contributed by atoms with Gasteiger partial charge in [0.05, 0.1) is 6.16 Å². The number of aliphatic hydroxyl groups excluding tert-OH is 1. The first kappa shape index (κ1) is 13.6. The van der Waals surface area contributed by atoms with Crippen molar-refractivity contribution < 1.29 is 23.9 Å². The largest absolute Gasteiger partial charge is 0.424 e. The molecule has 6 heteroatoms. The van der Waals surface area contributed by atoms with E-state index in [1.54, 1.807) is 18.2 Å². The Hall–Kier alpha value is -1.42. The zero-order valence-corrected chi connectivity index (χ0v) is 9.92. The quantitative estimate of drug-likeness (QED) is 0.593. The molecule has 0 bridgehead atoms. The molecule has 1 rings (SSSR count). The lowest BCUT2D eigenvalue weighted by Gasteiger charge is -2.15. The van der Waals surface area contributed by atoms with Crippen molar-refractivity contribution in [1.82, 2.24) is 0 Å². The smallest absolute Gasteiger partial charge is 0.379 e. The molecule has 1 aromatic rings. The fourth-order valence-corrected chi connectivity index (χ4v) is 2.27. The van der Waals surface area contributed by atoms with Crippen LogP contribution in [-0.4, -0.2) is 28.0 Å². The Bertz CT molecular complexity index is 442. The highest BCUT2D eigenvalue weighted by Crippen LogP contribution is 2.43. The minimum absolute atomic E-state index is 0.205. The number of carbonyl (C=O) groups excluding carboxylic acids is 1. The second-order valence-electron chi connectivity index (χ2n) is 3.35. The van der Waals surface area contributed by atoms with Crippen LogP contribution in [0.25, 0.3) is 0 Å². The van der Waals surface area contributed by atoms with Gasteiger partial charge in [-0.05, 0) is 18.2 Å². The molecule has 2 atom stereocenters. The van der Waals surface area contributed by atoms with Crippen LogP contribution in [0.4, 0.5) is 0 Å². The Labute approximate surface area is 98.9 Å². The van der Waals surface area contributed by atoms with E-state index in [0.29, 0.717) is 0 Å². The molecular weight excluding hydrogens is 243 g/mol. The summed E-state index contributed by atoms with van der Waals surface area (Å²) in [5.74, 6) is -0.507. The van der Waals surface area contributed by atoms with Crippen LogP contribution in [0.5, 0.6) is 5.75 Å². The Balaban J connectivity index is 2.66. The van der Waals surface area contributed by atoms with E-state index >= 15 is 0 Å². The minimum atomic E-state index is -4.06. The molecule has 1 aromatic carbocycles. The number of ketones is 1. The van der Waals surface area contributed by atoms with Crippen LogP contribution in [0.3, 0.4) is 0 Å². The molecule has 92 valence electrons. The third kappa shape index (κ3) is 4.53. The molecule has 2 N–H and O–H groups in total. The maximum atomic E-state index is 11.6. The van der Waals surface area contributed by atoms with Crippen molar-refractivity contribution in [2.24, 2.45) is 0 Å². The van der Waals surface area contributed by atoms with E-state index in [9.17, 15) is 19.4 Å². The average Bonchev–Trinajstić information content (AvgIpc) is 2.27. The van der Waals surface area contributed by atoms with Gasteiger partial charge >= 0.3 is 7.60 Å². The van der Waals surface area contributed by atoms with Crippen molar-refractivity contribution in [3.63, 3.8) is 0 Å². The predicted molar refractivity (Wildman–Crippen MR) is 63.0 cm³/mol. The molecule has 0 fully saturated rings. The highest BCUT2D eigenvalue weighted by molar-refractivity contribution is 7.53. The summed E-state index contributed by atoms with van der Waals surface area (Å²) in [6.45, 7) is 3.17. The molecule has 5 nitrogen and oxygen atoms in total. The standard InChI is InChI=1S/C11H13O5P/c1-2-10(12)11(13)8-17(14,15)16-9-6-4-3-5-7-9/h2-7,11,13H,1,8H2,(H,14,15). The Kier molecular flexibility index (Phi) is 4.63. The number of hydrogen-bond donors (Lipinski definition) is 2. The molecular formula is C11H13O5P. The SMILES string of the molecule is C=CC(=O)C(O)CP(=O)(O)Oc1ccccc1. The number of para-hydroxylation sites is 1. The third-order valence-corrected chi connectivity index (χ3v) is 3.23. The zero-order valence-electron chi connectivity index (χ0n) is 9.02. The predicted octanol–water partition coefficient (Wildman–Crippen LogP) is 1.37. The van der Waals surface area contributed by atoms with Crippen LogP contribution >= 0.6 is 7.60 Å². The zero-order chi connectivity index (χ0) is 12.9. The van der Waals surface area contributed by atoms with E-state index in [1.165, 1.54) is 12.1 Å². The lowest BCUT2D eigenvalue weighted by atomic mass is 10.3. The minimum Gasteiger partial charge on any atom is -0.424 e. The van der Waals surface area contributed by atoms with Gasteiger partial charge < -0.3 is 14.5 Å². The molecule has 0 saturated heterocycles. The fraction of sp³-hybridized carbons (Fsp3) is 0.182. The molecule has 0 radical (unpaired) electrons. The van der Waals surface area contributed by atoms with Gasteiger partial charge in [-0.15, -0.1) is 0 Å². The Morgan fingerprint density at radius 1 is 1.47 bits per heavy atom. The maximum Gasteiger partial charge on any atom is 0.379 e. The third-order valence-electron chi connectivity index (χ3n) is 1.92. The molecule has 0 aliphatic heterocycles. The highest BCUT2D eigenvalue weighted by Gasteiger charge is 2.28. The Morgan fingerprint density at radius 2 is 2.06 bits per heavy atom. The summed E-state index contributed by atoms with van der Waals surface area (Å²) < 4.78 is 16.4. The number of aliphatic hydroxyl groups is 1. The molecule has 2 unspecified atom stereocenters. The summed E-state index contributed by atoms with van der Waals surface area (Å²) >= 11 is 0. The second kappa shape index (κ2) is 5.77. The van der Waals surface area contributed by atoms with Crippen LogP contribution in [-0.2, 0) is 9.36 Å². The molecule has 0 heterocycles. The first-order valence-corrected chi connectivity index (χ1v) is 6.62. The van der Waals surface area contributed by atoms with Crippen LogP contribution < -0.4 is 4.52 Å². The summed E-state index contributed by atoms with van der Waals surface area (Å²) in [4.78, 5) is 20.5. The summed E-state index contributed by atoms with van der Waals surface area (Å²) in [6, 6.07) is 8.02. The van der Waals surface area contributed by atoms with E-state index in [4.69, 9.17) is 4.52 Å². The van der Waals surface area contributed by atoms with Crippen molar-refractivity contribution in [1.29, 1.82) is 0 Å². The van der Waals surface area contributed by atoms with Crippen molar-refractivity contribution in [2.45, 2.75) is 6.10 Å². The van der Waals surface area contributed by atoms with Crippen molar-refractivity contribution in [3.05, 3.63) is 43.0 Å². The maximum absolute atomic E-state index is 11.6. The molecule has 0 aliphatic rings. The summed E-state index contributed by atoms with van der Waals surface area (Å²) in [6.07, 6.45) is -1.34. The topological polar surface area (TPSA) is 83.8 Å². The van der Waals surface area contributed by atoms with Gasteiger partial charge in [0.1, 0.15) is 11.9 Å². The summed E-state index contributed by atoms with van der Waals surface area (Å²) in [7, 11) is -4.06. The molecule has 17 heavy (non-hydrogen) atoms. The highest BCUT2D eigenvalue weighted by atomic mass is 31.2. The first-order valence-electron chi connectivity index (χ1n) is 4.85. The number of rotatable bonds is 6. The fourth-order valence-electron chi connectivity index (χ4n) is 1.13. The van der Waals surface area contributed by atoms with Gasteiger partial charge in [-0.2, -0.15) is 0 Å². The molecule has 0 saturated carbocycles. The van der Waals surface area contributed by atoms with Crippen LogP contribution in [0.2, 0.25) is 0 Å². The van der Waals surface area contributed by atoms with E-state index in [-0.39, 0.29) is 5.75 Å². The van der Waals surface area contributed by atoms with Gasteiger partial charge in [0.25, 0.3) is 0 Å². The number of hydrogen-bond acceptors (Lipinski definition) is 4. The van der Waals surface area contributed by atoms with Gasteiger partial charge in [-0.1, -0.05) is 24.8 Å². The van der Waals surface area contributed by atoms with E-state index in [1.807, 2.05) is 0 Å². The number of carbonyl (C=O) groups is 1. The van der Waals surface area contributed by atoms with Gasteiger partial charge in [-0.3, -0.25) is 4.79 Å². The summed E-state index contributed by atoms with van der Waals surface area (Å²) in [5, 5.41) is 9.30. The van der Waals surface area contributed by atoms with Gasteiger partial charge in [-0.25, -0.2) is 4.57 Å². The van der Waals surface area contributed by atoms with Gasteiger partial charge in [0.15, 0.2) is 5.78 Å². The van der Waals surface area contributed by atoms with E-state index < -0.39 is 25.6 Å². The Morgan fingerprint density at radius 3 is 2.59 bits per heavy atom. The lowest BCUT2D eigenvalue weighted by Crippen LogP contribution is -2.23. The van der Waals surface area contributed by atoms with Crippen LogP contribution in [0, 0.1) is 0 Å². The molecule has 0 aliphatic carbocycles. The molecule has 0 amide bonds. The van der Waals surface area contributed by atoms with Crippen molar-refractivity contribution in [3.8, 4) is 5.75 Å². The van der Waals surface area contributed by atoms with E-state index in [0.717, 1.165) is 6.08 Å². The lowest BCUT2D eigenvalue weighted by molar-refractivity contribution is -0.121. The molecule has 0 spiro atoms. The van der Waals surface area contributed by atoms with Crippen LogP contribution in [0.15, 0.2) is 43.0 Å². The normalized spacial score (nSPS) is 15.6. The van der Waals surface area contributed by atoms with Crippen molar-refractivity contribution >= 4 is 13.4 Å². The first-order chi connectivity index (χ1) is 7.94. The van der Waals surface area contributed by atoms with Crippen molar-refractivity contribution in [2.75, 3.05) is 6.16 Å². The van der Waals surface area contributed by atoms with E-state index in [2.05, 4.69) is 6.58 Å². The summed E-state index contributed by atoms with van der Waals surface area (Å²) in [5.41, 5.74) is 0.